The second kappa shape index (κ2) is 5.81. The van der Waals surface area contributed by atoms with Crippen LogP contribution in [-0.4, -0.2) is 31.4 Å². The highest BCUT2D eigenvalue weighted by atomic mass is 35.5. The molecule has 1 aromatic carbocycles. The number of hydrogen-bond donors (Lipinski definition) is 1. The molecule has 3 rings (SSSR count). The lowest BCUT2D eigenvalue weighted by atomic mass is 10.0. The molecule has 1 N–H and O–H groups in total. The van der Waals surface area contributed by atoms with E-state index in [1.54, 1.807) is 24.4 Å². The minimum atomic E-state index is -1.00. The van der Waals surface area contributed by atoms with Crippen molar-refractivity contribution in [1.82, 2.24) is 14.5 Å². The van der Waals surface area contributed by atoms with E-state index in [1.807, 2.05) is 6.07 Å². The number of halogens is 1. The van der Waals surface area contributed by atoms with Gasteiger partial charge in [0.1, 0.15) is 24.2 Å². The van der Waals surface area contributed by atoms with Crippen LogP contribution in [0.3, 0.4) is 0 Å². The van der Waals surface area contributed by atoms with E-state index in [1.165, 1.54) is 17.8 Å². The summed E-state index contributed by atoms with van der Waals surface area (Å²) in [4.78, 5) is 31.2. The van der Waals surface area contributed by atoms with Crippen molar-refractivity contribution in [3.8, 4) is 11.1 Å². The fraction of sp³-hybridized carbons (Fsp3) is 0.125. The molecule has 116 valence electrons. The normalized spacial score (nSPS) is 10.9. The number of aromatic nitrogens is 3. The molecule has 0 fully saturated rings. The van der Waals surface area contributed by atoms with Crippen LogP contribution >= 0.6 is 11.6 Å². The van der Waals surface area contributed by atoms with E-state index in [9.17, 15) is 9.59 Å². The van der Waals surface area contributed by atoms with Gasteiger partial charge in [0.15, 0.2) is 5.78 Å². The van der Waals surface area contributed by atoms with E-state index in [2.05, 4.69) is 9.97 Å². The number of nitrogens with zero attached hydrogens (tertiary/aromatic N) is 3. The number of carbonyl (C=O) groups is 2. The van der Waals surface area contributed by atoms with Crippen LogP contribution in [0.15, 0.2) is 36.8 Å². The minimum absolute atomic E-state index is 0.223. The molecule has 0 saturated heterocycles. The van der Waals surface area contributed by atoms with Gasteiger partial charge in [-0.3, -0.25) is 9.59 Å². The number of rotatable bonds is 4. The van der Waals surface area contributed by atoms with Gasteiger partial charge in [-0.1, -0.05) is 29.8 Å². The molecule has 0 aliphatic carbocycles. The Labute approximate surface area is 136 Å². The summed E-state index contributed by atoms with van der Waals surface area (Å²) in [5, 5.41) is 10.1. The zero-order chi connectivity index (χ0) is 16.6. The molecule has 0 radical (unpaired) electrons. The Kier molecular flexibility index (Phi) is 3.83. The molecular formula is C16H12ClN3O3. The molecule has 6 nitrogen and oxygen atoms in total. The van der Waals surface area contributed by atoms with E-state index in [0.29, 0.717) is 27.2 Å². The maximum atomic E-state index is 11.9. The first-order valence-corrected chi connectivity index (χ1v) is 7.18. The van der Waals surface area contributed by atoms with Crippen molar-refractivity contribution in [2.24, 2.45) is 0 Å². The van der Waals surface area contributed by atoms with Crippen LogP contribution in [0.25, 0.3) is 22.2 Å². The highest BCUT2D eigenvalue weighted by molar-refractivity contribution is 6.33. The SMILES string of the molecule is CC(=O)c1ncnc2c1c(-c1ccccc1Cl)cn2CC(=O)O. The third kappa shape index (κ3) is 2.68. The number of aliphatic carboxylic acids is 1. The number of ketones is 1. The second-order valence-electron chi connectivity index (χ2n) is 5.02. The van der Waals surface area contributed by atoms with Crippen LogP contribution in [0.1, 0.15) is 17.4 Å². The van der Waals surface area contributed by atoms with Gasteiger partial charge >= 0.3 is 5.97 Å². The Balaban J connectivity index is 2.39. The van der Waals surface area contributed by atoms with Crippen LogP contribution in [-0.2, 0) is 11.3 Å². The fourth-order valence-corrected chi connectivity index (χ4v) is 2.78. The van der Waals surface area contributed by atoms with Crippen molar-refractivity contribution < 1.29 is 14.7 Å². The lowest BCUT2D eigenvalue weighted by Crippen LogP contribution is -2.08. The van der Waals surface area contributed by atoms with E-state index in [0.717, 1.165) is 0 Å². The lowest BCUT2D eigenvalue weighted by Gasteiger charge is -2.04. The average molecular weight is 330 g/mol. The molecule has 0 bridgehead atoms. The summed E-state index contributed by atoms with van der Waals surface area (Å²) < 4.78 is 1.48. The molecule has 23 heavy (non-hydrogen) atoms. The number of benzene rings is 1. The van der Waals surface area contributed by atoms with Crippen molar-refractivity contribution >= 4 is 34.4 Å². The zero-order valence-corrected chi connectivity index (χ0v) is 12.9. The number of carbonyl (C=O) groups excluding carboxylic acids is 1. The fourth-order valence-electron chi connectivity index (χ4n) is 2.54. The third-order valence-corrected chi connectivity index (χ3v) is 3.79. The van der Waals surface area contributed by atoms with Gasteiger partial charge in [0, 0.05) is 29.3 Å². The van der Waals surface area contributed by atoms with Crippen LogP contribution < -0.4 is 0 Å². The summed E-state index contributed by atoms with van der Waals surface area (Å²) in [5.41, 5.74) is 1.97. The second-order valence-corrected chi connectivity index (χ2v) is 5.43. The number of fused-ring (bicyclic) bond motifs is 1. The van der Waals surface area contributed by atoms with Gasteiger partial charge in [0.05, 0.1) is 5.39 Å². The molecule has 3 aromatic rings. The smallest absolute Gasteiger partial charge is 0.323 e. The predicted octanol–water partition coefficient (Wildman–Crippen LogP) is 3.04. The molecule has 0 amide bonds. The van der Waals surface area contributed by atoms with Crippen molar-refractivity contribution in [2.75, 3.05) is 0 Å². The number of hydrogen-bond acceptors (Lipinski definition) is 4. The predicted molar refractivity (Wildman–Crippen MR) is 85.6 cm³/mol. The van der Waals surface area contributed by atoms with E-state index < -0.39 is 5.97 Å². The van der Waals surface area contributed by atoms with Crippen molar-refractivity contribution in [1.29, 1.82) is 0 Å². The number of carboxylic acid groups (broad SMARTS) is 1. The summed E-state index contributed by atoms with van der Waals surface area (Å²) in [6.07, 6.45) is 2.90. The summed E-state index contributed by atoms with van der Waals surface area (Å²) in [6, 6.07) is 7.15. The molecule has 0 saturated carbocycles. The molecular weight excluding hydrogens is 318 g/mol. The maximum absolute atomic E-state index is 11.9. The van der Waals surface area contributed by atoms with Crippen LogP contribution in [0.4, 0.5) is 0 Å². The Morgan fingerprint density at radius 2 is 1.96 bits per heavy atom. The monoisotopic (exact) mass is 329 g/mol. The van der Waals surface area contributed by atoms with Gasteiger partial charge in [-0.25, -0.2) is 9.97 Å². The molecule has 0 aliphatic rings. The Morgan fingerprint density at radius 3 is 2.61 bits per heavy atom. The largest absolute Gasteiger partial charge is 0.480 e. The first-order chi connectivity index (χ1) is 11.0. The van der Waals surface area contributed by atoms with Gasteiger partial charge in [-0.15, -0.1) is 0 Å². The van der Waals surface area contributed by atoms with Gasteiger partial charge in [-0.2, -0.15) is 0 Å². The van der Waals surface area contributed by atoms with Gasteiger partial charge in [-0.05, 0) is 6.07 Å². The van der Waals surface area contributed by atoms with Gasteiger partial charge in [0.25, 0.3) is 0 Å². The van der Waals surface area contributed by atoms with Crippen LogP contribution in [0.5, 0.6) is 0 Å². The maximum Gasteiger partial charge on any atom is 0.323 e. The Bertz CT molecular complexity index is 933. The van der Waals surface area contributed by atoms with E-state index in [4.69, 9.17) is 16.7 Å². The summed E-state index contributed by atoms with van der Waals surface area (Å²) in [6.45, 7) is 1.14. The first-order valence-electron chi connectivity index (χ1n) is 6.80. The lowest BCUT2D eigenvalue weighted by molar-refractivity contribution is -0.137. The molecule has 0 unspecified atom stereocenters. The summed E-state index contributed by atoms with van der Waals surface area (Å²) >= 11 is 6.25. The zero-order valence-electron chi connectivity index (χ0n) is 12.2. The minimum Gasteiger partial charge on any atom is -0.480 e. The molecule has 2 aromatic heterocycles. The van der Waals surface area contributed by atoms with Crippen molar-refractivity contribution in [3.63, 3.8) is 0 Å². The quantitative estimate of drug-likeness (QED) is 0.744. The van der Waals surface area contributed by atoms with E-state index >= 15 is 0 Å². The summed E-state index contributed by atoms with van der Waals surface area (Å²) in [7, 11) is 0. The number of Topliss-reactive ketones (excluding diaryl/α,β-unsaturated/α-hetero) is 1. The Hall–Kier alpha value is -2.73. The average Bonchev–Trinajstić information content (AvgIpc) is 2.85. The number of carboxylic acids is 1. The first kappa shape index (κ1) is 15.2. The molecule has 0 aliphatic heterocycles. The van der Waals surface area contributed by atoms with Crippen LogP contribution in [0, 0.1) is 0 Å². The molecule has 7 heteroatoms. The van der Waals surface area contributed by atoms with Crippen molar-refractivity contribution in [2.45, 2.75) is 13.5 Å². The van der Waals surface area contributed by atoms with Gasteiger partial charge < -0.3 is 9.67 Å². The Morgan fingerprint density at radius 1 is 1.22 bits per heavy atom. The standard InChI is InChI=1S/C16H12ClN3O3/c1-9(21)15-14-11(10-4-2-3-5-12(10)17)6-20(7-13(22)23)16(14)19-8-18-15/h2-6,8H,7H2,1H3,(H,22,23). The third-order valence-electron chi connectivity index (χ3n) is 3.46. The molecule has 0 spiro atoms. The molecule has 2 heterocycles. The summed E-state index contributed by atoms with van der Waals surface area (Å²) in [5.74, 6) is -1.23. The topological polar surface area (TPSA) is 85.1 Å². The highest BCUT2D eigenvalue weighted by Gasteiger charge is 2.20. The van der Waals surface area contributed by atoms with Crippen molar-refractivity contribution in [3.05, 3.63) is 47.5 Å². The van der Waals surface area contributed by atoms with Gasteiger partial charge in [0.2, 0.25) is 0 Å². The van der Waals surface area contributed by atoms with Crippen LogP contribution in [0.2, 0.25) is 5.02 Å². The highest BCUT2D eigenvalue weighted by Crippen LogP contribution is 2.35. The molecule has 0 atom stereocenters. The van der Waals surface area contributed by atoms with E-state index in [-0.39, 0.29) is 18.0 Å².